The Morgan fingerprint density at radius 1 is 0.607 bits per heavy atom. The number of hydrogen-bond donors (Lipinski definition) is 8. The third-order valence-corrected chi connectivity index (χ3v) is 4.55. The fourth-order valence-corrected chi connectivity index (χ4v) is 1.94. The molecule has 12 nitrogen and oxygen atoms in total. The molecule has 0 bridgehead atoms. The zero-order valence-corrected chi connectivity index (χ0v) is 15.4. The molecule has 0 rings (SSSR count). The van der Waals surface area contributed by atoms with E-state index in [2.05, 4.69) is 9.47 Å². The summed E-state index contributed by atoms with van der Waals surface area (Å²) in [6, 6.07) is 0. The molecule has 2 unspecified atom stereocenters. The Hall–Kier alpha value is -1.38. The summed E-state index contributed by atoms with van der Waals surface area (Å²) in [4.78, 5) is 23.4. The number of carbonyl (C=O) groups is 2. The average molecular weight is 414 g/mol. The van der Waals surface area contributed by atoms with Crippen molar-refractivity contribution in [1.29, 1.82) is 0 Å². The van der Waals surface area contributed by atoms with Crippen molar-refractivity contribution in [3.8, 4) is 0 Å². The molecule has 0 fully saturated rings. The molecule has 0 aliphatic rings. The van der Waals surface area contributed by atoms with E-state index >= 15 is 0 Å². The highest BCUT2D eigenvalue weighted by Gasteiger charge is 2.35. The van der Waals surface area contributed by atoms with Gasteiger partial charge in [-0.3, -0.25) is 0 Å². The minimum absolute atomic E-state index is 0.138. The van der Waals surface area contributed by atoms with Gasteiger partial charge in [0, 0.05) is 10.8 Å². The molecular formula is C16H30O12. The highest BCUT2D eigenvalue weighted by molar-refractivity contribution is 5.85. The molecule has 0 aromatic heterocycles. The van der Waals surface area contributed by atoms with E-state index in [1.807, 2.05) is 0 Å². The van der Waals surface area contributed by atoms with E-state index in [1.54, 1.807) is 0 Å². The standard InChI is InChI=1S/C16H30O12/c17-5-15(6-18,7-19)1-3-27-13(25)11(23)12(24)14(26)28-4-2-16(8-20,9-21)10-22/h11-12,17-24H,1-10H2. The molecule has 0 radical (unpaired) electrons. The van der Waals surface area contributed by atoms with Crippen LogP contribution in [-0.4, -0.2) is 118 Å². The number of aliphatic hydroxyl groups is 8. The second-order valence-corrected chi connectivity index (χ2v) is 6.67. The molecule has 0 aromatic carbocycles. The van der Waals surface area contributed by atoms with E-state index in [1.165, 1.54) is 0 Å². The molecule has 0 aliphatic heterocycles. The van der Waals surface area contributed by atoms with E-state index in [4.69, 9.17) is 30.6 Å². The smallest absolute Gasteiger partial charge is 0.338 e. The minimum Gasteiger partial charge on any atom is -0.464 e. The highest BCUT2D eigenvalue weighted by Crippen LogP contribution is 2.21. The Morgan fingerprint density at radius 2 is 0.857 bits per heavy atom. The van der Waals surface area contributed by atoms with Gasteiger partial charge in [0.1, 0.15) is 0 Å². The second-order valence-electron chi connectivity index (χ2n) is 6.67. The van der Waals surface area contributed by atoms with Crippen molar-refractivity contribution in [3.05, 3.63) is 0 Å². The number of carbonyl (C=O) groups excluding carboxylic acids is 2. The first-order valence-corrected chi connectivity index (χ1v) is 8.55. The van der Waals surface area contributed by atoms with Crippen molar-refractivity contribution in [2.24, 2.45) is 10.8 Å². The summed E-state index contributed by atoms with van der Waals surface area (Å²) in [6.45, 7) is -4.29. The monoisotopic (exact) mass is 414 g/mol. The highest BCUT2D eigenvalue weighted by atomic mass is 16.6. The largest absolute Gasteiger partial charge is 0.464 e. The van der Waals surface area contributed by atoms with Crippen molar-refractivity contribution >= 4 is 11.9 Å². The van der Waals surface area contributed by atoms with Crippen LogP contribution in [0, 0.1) is 10.8 Å². The van der Waals surface area contributed by atoms with Gasteiger partial charge in [-0.15, -0.1) is 0 Å². The van der Waals surface area contributed by atoms with Gasteiger partial charge in [0.25, 0.3) is 0 Å². The van der Waals surface area contributed by atoms with Crippen molar-refractivity contribution in [2.75, 3.05) is 52.9 Å². The summed E-state index contributed by atoms with van der Waals surface area (Å²) in [7, 11) is 0. The van der Waals surface area contributed by atoms with Gasteiger partial charge >= 0.3 is 11.9 Å². The zero-order valence-electron chi connectivity index (χ0n) is 15.4. The first kappa shape index (κ1) is 26.6. The number of rotatable bonds is 15. The summed E-state index contributed by atoms with van der Waals surface area (Å²) in [5, 5.41) is 74.2. The molecule has 0 amide bonds. The van der Waals surface area contributed by atoms with Gasteiger partial charge in [-0.2, -0.15) is 0 Å². The molecule has 166 valence electrons. The topological polar surface area (TPSA) is 214 Å². The maximum absolute atomic E-state index is 11.7. The molecule has 0 saturated carbocycles. The third-order valence-electron chi connectivity index (χ3n) is 4.55. The van der Waals surface area contributed by atoms with Gasteiger partial charge in [0.2, 0.25) is 0 Å². The van der Waals surface area contributed by atoms with Gasteiger partial charge < -0.3 is 50.3 Å². The van der Waals surface area contributed by atoms with Gasteiger partial charge in [0.15, 0.2) is 12.2 Å². The first-order valence-electron chi connectivity index (χ1n) is 8.55. The van der Waals surface area contributed by atoms with Crippen LogP contribution in [0.2, 0.25) is 0 Å². The van der Waals surface area contributed by atoms with Crippen LogP contribution in [0.25, 0.3) is 0 Å². The van der Waals surface area contributed by atoms with E-state index < -0.39 is 87.8 Å². The van der Waals surface area contributed by atoms with Crippen molar-refractivity contribution < 1.29 is 59.9 Å². The summed E-state index contributed by atoms with van der Waals surface area (Å²) in [5.74, 6) is -2.72. The SMILES string of the molecule is O=C(OCCC(CO)(CO)CO)C(O)C(O)C(=O)OCCC(CO)(CO)CO. The molecule has 28 heavy (non-hydrogen) atoms. The lowest BCUT2D eigenvalue weighted by atomic mass is 9.88. The normalized spacial score (nSPS) is 14.4. The van der Waals surface area contributed by atoms with Crippen LogP contribution < -0.4 is 0 Å². The van der Waals surface area contributed by atoms with Gasteiger partial charge in [-0.1, -0.05) is 0 Å². The van der Waals surface area contributed by atoms with Gasteiger partial charge in [0.05, 0.1) is 52.9 Å². The van der Waals surface area contributed by atoms with Crippen LogP contribution in [0.15, 0.2) is 0 Å². The lowest BCUT2D eigenvalue weighted by molar-refractivity contribution is -0.174. The number of ether oxygens (including phenoxy) is 2. The van der Waals surface area contributed by atoms with Crippen molar-refractivity contribution in [3.63, 3.8) is 0 Å². The molecule has 8 N–H and O–H groups in total. The summed E-state index contributed by atoms with van der Waals surface area (Å²) >= 11 is 0. The Morgan fingerprint density at radius 3 is 1.07 bits per heavy atom. The van der Waals surface area contributed by atoms with E-state index in [0.717, 1.165) is 0 Å². The molecule has 0 saturated heterocycles. The quantitative estimate of drug-likeness (QED) is 0.119. The fraction of sp³-hybridized carbons (Fsp3) is 0.875. The second kappa shape index (κ2) is 13.0. The Bertz CT molecular complexity index is 402. The number of esters is 2. The minimum atomic E-state index is -2.27. The Kier molecular flexibility index (Phi) is 12.3. The van der Waals surface area contributed by atoms with Crippen LogP contribution in [0.3, 0.4) is 0 Å². The Labute approximate surface area is 161 Å². The molecule has 0 spiro atoms. The average Bonchev–Trinajstić information content (AvgIpc) is 2.73. The Balaban J connectivity index is 4.49. The summed E-state index contributed by atoms with van der Waals surface area (Å²) in [5.41, 5.74) is -2.58. The molecule has 0 heterocycles. The number of hydrogen-bond acceptors (Lipinski definition) is 12. The van der Waals surface area contributed by atoms with Crippen molar-refractivity contribution in [1.82, 2.24) is 0 Å². The molecule has 0 aromatic rings. The fourth-order valence-electron chi connectivity index (χ4n) is 1.94. The summed E-state index contributed by atoms with van der Waals surface area (Å²) < 4.78 is 9.32. The molecule has 2 atom stereocenters. The third kappa shape index (κ3) is 7.56. The predicted octanol–water partition coefficient (Wildman–Crippen LogP) is -4.50. The molecule has 0 aliphatic carbocycles. The zero-order chi connectivity index (χ0) is 21.8. The predicted molar refractivity (Wildman–Crippen MR) is 90.5 cm³/mol. The van der Waals surface area contributed by atoms with Gasteiger partial charge in [-0.25, -0.2) is 9.59 Å². The molecular weight excluding hydrogens is 384 g/mol. The molecule has 12 heteroatoms. The lowest BCUT2D eigenvalue weighted by Crippen LogP contribution is -2.43. The number of aliphatic hydroxyl groups excluding tert-OH is 8. The van der Waals surface area contributed by atoms with Gasteiger partial charge in [-0.05, 0) is 12.8 Å². The first-order chi connectivity index (χ1) is 13.2. The van der Waals surface area contributed by atoms with Crippen molar-refractivity contribution in [2.45, 2.75) is 25.0 Å². The van der Waals surface area contributed by atoms with Crippen LogP contribution in [0.4, 0.5) is 0 Å². The van der Waals surface area contributed by atoms with E-state index in [-0.39, 0.29) is 12.8 Å². The maximum Gasteiger partial charge on any atom is 0.338 e. The van der Waals surface area contributed by atoms with Crippen LogP contribution in [-0.2, 0) is 19.1 Å². The van der Waals surface area contributed by atoms with E-state index in [0.29, 0.717) is 0 Å². The summed E-state index contributed by atoms with van der Waals surface area (Å²) in [6.07, 6.45) is -4.81. The van der Waals surface area contributed by atoms with Crippen LogP contribution in [0.1, 0.15) is 12.8 Å². The van der Waals surface area contributed by atoms with Crippen LogP contribution >= 0.6 is 0 Å². The van der Waals surface area contributed by atoms with E-state index in [9.17, 15) is 19.8 Å². The van der Waals surface area contributed by atoms with Crippen LogP contribution in [0.5, 0.6) is 0 Å². The maximum atomic E-state index is 11.7. The lowest BCUT2D eigenvalue weighted by Gasteiger charge is -2.27.